The van der Waals surface area contributed by atoms with Gasteiger partial charge < -0.3 is 9.32 Å². The third-order valence-electron chi connectivity index (χ3n) is 12.5. The molecule has 0 radical (unpaired) electrons. The van der Waals surface area contributed by atoms with Crippen LogP contribution in [0.4, 0.5) is 17.1 Å². The molecule has 1 aromatic heterocycles. The van der Waals surface area contributed by atoms with Gasteiger partial charge in [-0.05, 0) is 131 Å². The summed E-state index contributed by atoms with van der Waals surface area (Å²) in [5.74, 6) is 0. The Bertz CT molecular complexity index is 3620. The number of nitrogens with zero attached hydrogens (tertiary/aromatic N) is 1. The number of anilines is 3. The second-order valence-corrected chi connectivity index (χ2v) is 16.1. The third-order valence-corrected chi connectivity index (χ3v) is 12.5. The van der Waals surface area contributed by atoms with Gasteiger partial charge in [0.05, 0.1) is 0 Å². The van der Waals surface area contributed by atoms with Crippen LogP contribution in [-0.2, 0) is 0 Å². The molecule has 0 bridgehead atoms. The molecule has 11 aromatic carbocycles. The van der Waals surface area contributed by atoms with E-state index in [0.29, 0.717) is 0 Å². The number of benzene rings is 11. The van der Waals surface area contributed by atoms with Gasteiger partial charge in [-0.25, -0.2) is 0 Å². The highest BCUT2D eigenvalue weighted by atomic mass is 16.3. The Labute approximate surface area is 360 Å². The number of para-hydroxylation sites is 1. The Morgan fingerprint density at radius 1 is 0.258 bits per heavy atom. The Balaban J connectivity index is 0.935. The summed E-state index contributed by atoms with van der Waals surface area (Å²) in [6.07, 6.45) is 0. The van der Waals surface area contributed by atoms with Crippen LogP contribution >= 0.6 is 0 Å². The molecule has 0 amide bonds. The van der Waals surface area contributed by atoms with Gasteiger partial charge in [-0.3, -0.25) is 0 Å². The monoisotopic (exact) mass is 789 g/mol. The number of rotatable bonds is 7. The van der Waals surface area contributed by atoms with Crippen molar-refractivity contribution in [3.05, 3.63) is 237 Å². The topological polar surface area (TPSA) is 16.4 Å². The van der Waals surface area contributed by atoms with Crippen LogP contribution in [-0.4, -0.2) is 0 Å². The molecule has 62 heavy (non-hydrogen) atoms. The fourth-order valence-corrected chi connectivity index (χ4v) is 9.38. The van der Waals surface area contributed by atoms with Crippen molar-refractivity contribution in [3.63, 3.8) is 0 Å². The molecule has 0 unspecified atom stereocenters. The summed E-state index contributed by atoms with van der Waals surface area (Å²) in [6, 6.07) is 85.5. The molecule has 0 aliphatic heterocycles. The van der Waals surface area contributed by atoms with Crippen LogP contribution in [0.3, 0.4) is 0 Å². The van der Waals surface area contributed by atoms with Crippen LogP contribution in [0.15, 0.2) is 241 Å². The molecular weight excluding hydrogens is 751 g/mol. The van der Waals surface area contributed by atoms with E-state index in [1.54, 1.807) is 0 Å². The van der Waals surface area contributed by atoms with Gasteiger partial charge in [-0.15, -0.1) is 0 Å². The van der Waals surface area contributed by atoms with Crippen LogP contribution in [0.2, 0.25) is 0 Å². The second-order valence-electron chi connectivity index (χ2n) is 16.1. The first kappa shape index (κ1) is 35.7. The predicted octanol–water partition coefficient (Wildman–Crippen LogP) is 17.2. The van der Waals surface area contributed by atoms with Gasteiger partial charge in [0.25, 0.3) is 0 Å². The summed E-state index contributed by atoms with van der Waals surface area (Å²) in [5, 5.41) is 9.83. The lowest BCUT2D eigenvalue weighted by Crippen LogP contribution is -2.10. The average Bonchev–Trinajstić information content (AvgIpc) is 3.73. The van der Waals surface area contributed by atoms with Crippen LogP contribution in [0.25, 0.3) is 98.8 Å². The molecule has 0 atom stereocenters. The summed E-state index contributed by atoms with van der Waals surface area (Å²) in [7, 11) is 0. The molecule has 290 valence electrons. The smallest absolute Gasteiger partial charge is 0.136 e. The lowest BCUT2D eigenvalue weighted by Gasteiger charge is -2.26. The fourth-order valence-electron chi connectivity index (χ4n) is 9.38. The van der Waals surface area contributed by atoms with E-state index in [1.165, 1.54) is 65.7 Å². The molecule has 0 aliphatic rings. The van der Waals surface area contributed by atoms with Crippen molar-refractivity contribution in [1.82, 2.24) is 0 Å². The van der Waals surface area contributed by atoms with Crippen molar-refractivity contribution >= 4 is 71.3 Å². The average molecular weight is 790 g/mol. The van der Waals surface area contributed by atoms with Crippen LogP contribution < -0.4 is 4.90 Å². The molecular formula is C60H39NO. The zero-order chi connectivity index (χ0) is 41.0. The van der Waals surface area contributed by atoms with Crippen LogP contribution in [0.5, 0.6) is 0 Å². The molecule has 12 rings (SSSR count). The molecule has 0 saturated heterocycles. The van der Waals surface area contributed by atoms with E-state index in [1.807, 2.05) is 12.1 Å². The van der Waals surface area contributed by atoms with Gasteiger partial charge in [0, 0.05) is 27.8 Å². The molecule has 12 aromatic rings. The highest BCUT2D eigenvalue weighted by molar-refractivity contribution is 6.13. The minimum atomic E-state index is 0.892. The highest BCUT2D eigenvalue weighted by Crippen LogP contribution is 2.42. The van der Waals surface area contributed by atoms with Crippen molar-refractivity contribution in [1.29, 1.82) is 0 Å². The SMILES string of the molecule is c1cc(-c2cccc3oc4ccccc4c23)cc(N(c2ccc(-c3ccc(-c4ccc5ccccc5c4)cc3)cc2)c2ccc(-c3cccc4c3ccc3ccccc34)cc2)c1. The molecule has 2 heteroatoms. The molecule has 2 nitrogen and oxygen atoms in total. The fraction of sp³-hybridized carbons (Fsp3) is 0. The quantitative estimate of drug-likeness (QED) is 0.150. The van der Waals surface area contributed by atoms with E-state index in [4.69, 9.17) is 4.42 Å². The highest BCUT2D eigenvalue weighted by Gasteiger charge is 2.17. The van der Waals surface area contributed by atoms with Crippen molar-refractivity contribution in [2.75, 3.05) is 4.90 Å². The minimum absolute atomic E-state index is 0.892. The van der Waals surface area contributed by atoms with Gasteiger partial charge in [-0.1, -0.05) is 182 Å². The first-order chi connectivity index (χ1) is 30.7. The van der Waals surface area contributed by atoms with Gasteiger partial charge in [0.2, 0.25) is 0 Å². The molecule has 0 aliphatic carbocycles. The van der Waals surface area contributed by atoms with E-state index in [2.05, 4.69) is 229 Å². The number of hydrogen-bond donors (Lipinski definition) is 0. The van der Waals surface area contributed by atoms with Crippen molar-refractivity contribution in [2.45, 2.75) is 0 Å². The van der Waals surface area contributed by atoms with E-state index in [-0.39, 0.29) is 0 Å². The second kappa shape index (κ2) is 14.8. The molecule has 0 fully saturated rings. The number of hydrogen-bond acceptors (Lipinski definition) is 2. The number of fused-ring (bicyclic) bond motifs is 7. The van der Waals surface area contributed by atoms with Crippen molar-refractivity contribution in [2.24, 2.45) is 0 Å². The first-order valence-electron chi connectivity index (χ1n) is 21.2. The molecule has 0 spiro atoms. The molecule has 1 heterocycles. The van der Waals surface area contributed by atoms with Gasteiger partial charge in [-0.2, -0.15) is 0 Å². The Kier molecular flexibility index (Phi) is 8.53. The zero-order valence-corrected chi connectivity index (χ0v) is 33.9. The summed E-state index contributed by atoms with van der Waals surface area (Å²) < 4.78 is 6.31. The summed E-state index contributed by atoms with van der Waals surface area (Å²) in [5.41, 5.74) is 14.5. The van der Waals surface area contributed by atoms with Crippen LogP contribution in [0.1, 0.15) is 0 Å². The zero-order valence-electron chi connectivity index (χ0n) is 33.9. The van der Waals surface area contributed by atoms with Gasteiger partial charge >= 0.3 is 0 Å². The summed E-state index contributed by atoms with van der Waals surface area (Å²) in [6.45, 7) is 0. The van der Waals surface area contributed by atoms with Crippen LogP contribution in [0, 0.1) is 0 Å². The Morgan fingerprint density at radius 2 is 0.806 bits per heavy atom. The summed E-state index contributed by atoms with van der Waals surface area (Å²) >= 11 is 0. The van der Waals surface area contributed by atoms with E-state index in [9.17, 15) is 0 Å². The van der Waals surface area contributed by atoms with Crippen molar-refractivity contribution in [3.8, 4) is 44.5 Å². The first-order valence-corrected chi connectivity index (χ1v) is 21.2. The maximum absolute atomic E-state index is 6.31. The van der Waals surface area contributed by atoms with Gasteiger partial charge in [0.1, 0.15) is 11.2 Å². The predicted molar refractivity (Wildman–Crippen MR) is 263 cm³/mol. The van der Waals surface area contributed by atoms with E-state index < -0.39 is 0 Å². The maximum Gasteiger partial charge on any atom is 0.136 e. The maximum atomic E-state index is 6.31. The van der Waals surface area contributed by atoms with Gasteiger partial charge in [0.15, 0.2) is 0 Å². The lowest BCUT2D eigenvalue weighted by atomic mass is 9.94. The van der Waals surface area contributed by atoms with E-state index in [0.717, 1.165) is 50.1 Å². The summed E-state index contributed by atoms with van der Waals surface area (Å²) in [4.78, 5) is 2.37. The van der Waals surface area contributed by atoms with Crippen molar-refractivity contribution < 1.29 is 4.42 Å². The third kappa shape index (κ3) is 6.20. The standard InChI is InChI=1S/C60H39NO/c1-2-12-46-38-47(27-26-40(46)10-1)43-24-22-41(23-25-43)42-28-33-49(34-29-42)61(51-14-7-13-48(39-51)54-18-9-21-59-60(54)57-16-5-6-20-58(57)62-59)50-35-30-45(31-36-50)53-17-8-19-55-52-15-4-3-11-44(52)32-37-56(53)55/h1-39H. The molecule has 0 saturated carbocycles. The Hall–Kier alpha value is -8.20. The minimum Gasteiger partial charge on any atom is -0.456 e. The Morgan fingerprint density at radius 3 is 1.60 bits per heavy atom. The normalized spacial score (nSPS) is 11.5. The largest absolute Gasteiger partial charge is 0.456 e. The van der Waals surface area contributed by atoms with E-state index >= 15 is 0 Å². The molecule has 0 N–H and O–H groups in total. The number of furan rings is 1. The lowest BCUT2D eigenvalue weighted by molar-refractivity contribution is 0.669.